The molecule has 2 aromatic rings. The topological polar surface area (TPSA) is 77.2 Å². The number of hydrogen-bond acceptors (Lipinski definition) is 5. The molecule has 7 heteroatoms. The van der Waals surface area contributed by atoms with Crippen molar-refractivity contribution in [3.63, 3.8) is 0 Å². The summed E-state index contributed by atoms with van der Waals surface area (Å²) in [5.74, 6) is -0.221. The molecule has 5 nitrogen and oxygen atoms in total. The van der Waals surface area contributed by atoms with E-state index in [1.165, 1.54) is 30.6 Å². The highest BCUT2D eigenvalue weighted by Gasteiger charge is 2.29. The van der Waals surface area contributed by atoms with Gasteiger partial charge in [0.05, 0.1) is 19.3 Å². The molecule has 0 radical (unpaired) electrons. The van der Waals surface area contributed by atoms with Crippen LogP contribution >= 0.6 is 11.3 Å². The van der Waals surface area contributed by atoms with Gasteiger partial charge in [-0.15, -0.1) is 11.3 Å². The van der Waals surface area contributed by atoms with E-state index in [1.807, 2.05) is 0 Å². The maximum Gasteiger partial charge on any atom is 0.221 e. The molecule has 1 aromatic carbocycles. The summed E-state index contributed by atoms with van der Waals surface area (Å²) < 4.78 is 18.9. The first-order chi connectivity index (χ1) is 10.1. The molecule has 1 aromatic heterocycles. The lowest BCUT2D eigenvalue weighted by Gasteiger charge is -2.17. The minimum absolute atomic E-state index is 0.102. The second-order valence-electron chi connectivity index (χ2n) is 4.78. The van der Waals surface area contributed by atoms with Gasteiger partial charge in [0.15, 0.2) is 5.13 Å². The molecule has 0 spiro atoms. The van der Waals surface area contributed by atoms with Gasteiger partial charge in [-0.05, 0) is 18.2 Å². The number of thiazole rings is 1. The van der Waals surface area contributed by atoms with Crippen molar-refractivity contribution < 1.29 is 13.9 Å². The Labute approximate surface area is 124 Å². The predicted molar refractivity (Wildman–Crippen MR) is 77.8 cm³/mol. The number of rotatable bonds is 2. The van der Waals surface area contributed by atoms with E-state index in [0.29, 0.717) is 23.0 Å². The smallest absolute Gasteiger partial charge is 0.221 e. The van der Waals surface area contributed by atoms with Crippen LogP contribution in [0, 0.1) is 5.82 Å². The normalized spacial score (nSPS) is 17.8. The SMILES string of the molecule is COc1ccc(F)cc1[C@@H]1CC(=O)NCc2nc(N)sc21. The fourth-order valence-corrected chi connectivity index (χ4v) is 3.51. The van der Waals surface area contributed by atoms with Crippen molar-refractivity contribution in [1.29, 1.82) is 0 Å². The van der Waals surface area contributed by atoms with Gasteiger partial charge in [-0.25, -0.2) is 9.37 Å². The maximum absolute atomic E-state index is 13.6. The summed E-state index contributed by atoms with van der Waals surface area (Å²) in [5.41, 5.74) is 7.15. The summed E-state index contributed by atoms with van der Waals surface area (Å²) in [7, 11) is 1.52. The van der Waals surface area contributed by atoms with Crippen molar-refractivity contribution in [3.8, 4) is 5.75 Å². The molecular formula is C14H14FN3O2S. The van der Waals surface area contributed by atoms with Gasteiger partial charge >= 0.3 is 0 Å². The van der Waals surface area contributed by atoms with E-state index in [-0.39, 0.29) is 24.1 Å². The number of ether oxygens (including phenoxy) is 1. The van der Waals surface area contributed by atoms with Crippen molar-refractivity contribution in [2.45, 2.75) is 18.9 Å². The Morgan fingerprint density at radius 3 is 3.10 bits per heavy atom. The molecule has 1 amide bonds. The quantitative estimate of drug-likeness (QED) is 0.890. The van der Waals surface area contributed by atoms with E-state index in [4.69, 9.17) is 10.5 Å². The van der Waals surface area contributed by atoms with Crippen LogP contribution < -0.4 is 15.8 Å². The Morgan fingerprint density at radius 2 is 2.33 bits per heavy atom. The number of aromatic nitrogens is 1. The zero-order valence-electron chi connectivity index (χ0n) is 11.4. The highest BCUT2D eigenvalue weighted by atomic mass is 32.1. The lowest BCUT2D eigenvalue weighted by atomic mass is 9.92. The van der Waals surface area contributed by atoms with E-state index in [1.54, 1.807) is 6.07 Å². The lowest BCUT2D eigenvalue weighted by molar-refractivity contribution is -0.121. The van der Waals surface area contributed by atoms with Gasteiger partial charge in [0.1, 0.15) is 11.6 Å². The number of anilines is 1. The minimum atomic E-state index is -0.366. The maximum atomic E-state index is 13.6. The third-order valence-electron chi connectivity index (χ3n) is 3.47. The summed E-state index contributed by atoms with van der Waals surface area (Å²) >= 11 is 1.33. The summed E-state index contributed by atoms with van der Waals surface area (Å²) in [4.78, 5) is 17.0. The van der Waals surface area contributed by atoms with Crippen LogP contribution in [-0.4, -0.2) is 18.0 Å². The van der Waals surface area contributed by atoms with Crippen molar-refractivity contribution in [2.24, 2.45) is 0 Å². The van der Waals surface area contributed by atoms with Crippen molar-refractivity contribution >= 4 is 22.4 Å². The molecule has 1 aliphatic rings. The summed E-state index contributed by atoms with van der Waals surface area (Å²) in [5, 5.41) is 3.22. The first-order valence-electron chi connectivity index (χ1n) is 6.43. The molecule has 110 valence electrons. The van der Waals surface area contributed by atoms with Crippen LogP contribution in [0.25, 0.3) is 0 Å². The third-order valence-corrected chi connectivity index (χ3v) is 4.51. The summed E-state index contributed by atoms with van der Waals surface area (Å²) in [6.07, 6.45) is 0.217. The number of halogens is 1. The number of nitrogens with one attached hydrogen (secondary N) is 1. The first-order valence-corrected chi connectivity index (χ1v) is 7.25. The molecular weight excluding hydrogens is 293 g/mol. The van der Waals surface area contributed by atoms with Crippen LogP contribution in [0.2, 0.25) is 0 Å². The van der Waals surface area contributed by atoms with Crippen LogP contribution in [-0.2, 0) is 11.3 Å². The second kappa shape index (κ2) is 5.33. The third kappa shape index (κ3) is 2.56. The Kier molecular flexibility index (Phi) is 3.50. The molecule has 1 atom stereocenters. The van der Waals surface area contributed by atoms with Gasteiger partial charge in [-0.2, -0.15) is 0 Å². The Balaban J connectivity index is 2.15. The van der Waals surface area contributed by atoms with Crippen LogP contribution in [0.4, 0.5) is 9.52 Å². The largest absolute Gasteiger partial charge is 0.496 e. The van der Waals surface area contributed by atoms with Crippen LogP contribution in [0.3, 0.4) is 0 Å². The van der Waals surface area contributed by atoms with Crippen molar-refractivity contribution in [3.05, 3.63) is 40.2 Å². The van der Waals surface area contributed by atoms with Crippen LogP contribution in [0.5, 0.6) is 5.75 Å². The molecule has 0 unspecified atom stereocenters. The molecule has 0 saturated carbocycles. The number of nitrogen functional groups attached to an aromatic ring is 1. The van der Waals surface area contributed by atoms with Crippen molar-refractivity contribution in [1.82, 2.24) is 10.3 Å². The highest BCUT2D eigenvalue weighted by Crippen LogP contribution is 2.40. The Bertz CT molecular complexity index is 702. The number of carbonyl (C=O) groups is 1. The number of benzene rings is 1. The minimum Gasteiger partial charge on any atom is -0.496 e. The molecule has 3 N–H and O–H groups in total. The van der Waals surface area contributed by atoms with E-state index in [9.17, 15) is 9.18 Å². The lowest BCUT2D eigenvalue weighted by Crippen LogP contribution is -2.21. The van der Waals surface area contributed by atoms with Gasteiger partial charge in [0, 0.05) is 22.8 Å². The molecule has 0 fully saturated rings. The summed E-state index contributed by atoms with van der Waals surface area (Å²) in [6.45, 7) is 0.343. The number of fused-ring (bicyclic) bond motifs is 1. The van der Waals surface area contributed by atoms with Crippen molar-refractivity contribution in [2.75, 3.05) is 12.8 Å². The average Bonchev–Trinajstić information content (AvgIpc) is 2.76. The van der Waals surface area contributed by atoms with Gasteiger partial charge in [0.25, 0.3) is 0 Å². The number of hydrogen-bond donors (Lipinski definition) is 2. The molecule has 2 heterocycles. The summed E-state index contributed by atoms with van der Waals surface area (Å²) in [6, 6.07) is 4.31. The number of nitrogens with two attached hydrogens (primary N) is 1. The number of amides is 1. The van der Waals surface area contributed by atoms with Gasteiger partial charge in [-0.3, -0.25) is 4.79 Å². The monoisotopic (exact) mass is 307 g/mol. The van der Waals surface area contributed by atoms with Gasteiger partial charge < -0.3 is 15.8 Å². The predicted octanol–water partition coefficient (Wildman–Crippen LogP) is 2.02. The van der Waals surface area contributed by atoms with E-state index >= 15 is 0 Å². The highest BCUT2D eigenvalue weighted by molar-refractivity contribution is 7.15. The average molecular weight is 307 g/mol. The first kappa shape index (κ1) is 13.8. The zero-order valence-corrected chi connectivity index (χ0v) is 12.2. The molecule has 3 rings (SSSR count). The zero-order chi connectivity index (χ0) is 15.0. The molecule has 0 saturated heterocycles. The molecule has 1 aliphatic heterocycles. The standard InChI is InChI=1S/C14H14FN3O2S/c1-20-11-3-2-7(15)4-8(11)9-5-12(19)17-6-10-13(9)21-14(16)18-10/h2-4,9H,5-6H2,1H3,(H2,16,18)(H,17,19)/t9-/m0/s1. The van der Waals surface area contributed by atoms with Crippen LogP contribution in [0.15, 0.2) is 18.2 Å². The number of methoxy groups -OCH3 is 1. The fraction of sp³-hybridized carbons (Fsp3) is 0.286. The van der Waals surface area contributed by atoms with Crippen LogP contribution in [0.1, 0.15) is 28.5 Å². The fourth-order valence-electron chi connectivity index (χ4n) is 2.54. The Hall–Kier alpha value is -2.15. The molecule has 21 heavy (non-hydrogen) atoms. The van der Waals surface area contributed by atoms with Gasteiger partial charge in [-0.1, -0.05) is 0 Å². The van der Waals surface area contributed by atoms with E-state index in [0.717, 1.165) is 10.6 Å². The number of carbonyl (C=O) groups excluding carboxylic acids is 1. The second-order valence-corrected chi connectivity index (χ2v) is 5.84. The molecule has 0 bridgehead atoms. The molecule has 0 aliphatic carbocycles. The Morgan fingerprint density at radius 1 is 1.52 bits per heavy atom. The van der Waals surface area contributed by atoms with E-state index in [2.05, 4.69) is 10.3 Å². The van der Waals surface area contributed by atoms with E-state index < -0.39 is 0 Å². The number of nitrogens with zero attached hydrogens (tertiary/aromatic N) is 1. The van der Waals surface area contributed by atoms with Gasteiger partial charge in [0.2, 0.25) is 5.91 Å².